The fourth-order valence-corrected chi connectivity index (χ4v) is 3.11. The van der Waals surface area contributed by atoms with Gasteiger partial charge in [0.15, 0.2) is 0 Å². The Bertz CT molecular complexity index is 312. The predicted octanol–water partition coefficient (Wildman–Crippen LogP) is 2.67. The van der Waals surface area contributed by atoms with Crippen molar-refractivity contribution in [3.05, 3.63) is 0 Å². The maximum Gasteiger partial charge on any atom is 0.329 e. The summed E-state index contributed by atoms with van der Waals surface area (Å²) in [5.41, 5.74) is -1.01. The Balaban J connectivity index is 2.53. The molecular formula is C14H25NO3S. The van der Waals surface area contributed by atoms with Crippen LogP contribution in [-0.2, 0) is 9.59 Å². The first-order chi connectivity index (χ1) is 9.04. The SMILES string of the molecule is CCC1CCC(NC(=O)CCCSC)(C(=O)O)CC1. The van der Waals surface area contributed by atoms with Crippen molar-refractivity contribution in [3.63, 3.8) is 0 Å². The minimum absolute atomic E-state index is 0.119. The van der Waals surface area contributed by atoms with Crippen LogP contribution >= 0.6 is 11.8 Å². The molecular weight excluding hydrogens is 262 g/mol. The fourth-order valence-electron chi connectivity index (χ4n) is 2.68. The fraction of sp³-hybridized carbons (Fsp3) is 0.857. The van der Waals surface area contributed by atoms with Crippen LogP contribution in [0.4, 0.5) is 0 Å². The van der Waals surface area contributed by atoms with E-state index in [1.54, 1.807) is 11.8 Å². The highest BCUT2D eigenvalue weighted by atomic mass is 32.2. The van der Waals surface area contributed by atoms with Crippen molar-refractivity contribution in [1.82, 2.24) is 5.32 Å². The smallest absolute Gasteiger partial charge is 0.329 e. The second-order valence-corrected chi connectivity index (χ2v) is 6.37. The molecule has 0 aromatic carbocycles. The van der Waals surface area contributed by atoms with Gasteiger partial charge in [-0.1, -0.05) is 13.3 Å². The Labute approximate surface area is 119 Å². The molecule has 4 nitrogen and oxygen atoms in total. The van der Waals surface area contributed by atoms with E-state index in [0.29, 0.717) is 25.2 Å². The number of hydrogen-bond acceptors (Lipinski definition) is 3. The molecule has 0 radical (unpaired) electrons. The number of carbonyl (C=O) groups is 2. The molecule has 0 saturated heterocycles. The highest BCUT2D eigenvalue weighted by Crippen LogP contribution is 2.34. The lowest BCUT2D eigenvalue weighted by atomic mass is 9.75. The van der Waals surface area contributed by atoms with Gasteiger partial charge >= 0.3 is 5.97 Å². The molecule has 1 rings (SSSR count). The maximum atomic E-state index is 11.9. The Morgan fingerprint density at radius 1 is 1.37 bits per heavy atom. The normalized spacial score (nSPS) is 26.9. The van der Waals surface area contributed by atoms with Crippen molar-refractivity contribution < 1.29 is 14.7 Å². The summed E-state index contributed by atoms with van der Waals surface area (Å²) in [6.45, 7) is 2.14. The Morgan fingerprint density at radius 2 is 2.00 bits per heavy atom. The van der Waals surface area contributed by atoms with Crippen LogP contribution in [0.25, 0.3) is 0 Å². The van der Waals surface area contributed by atoms with Crippen molar-refractivity contribution in [2.75, 3.05) is 12.0 Å². The zero-order chi connectivity index (χ0) is 14.3. The van der Waals surface area contributed by atoms with Crippen molar-refractivity contribution in [2.24, 2.45) is 5.92 Å². The molecule has 5 heteroatoms. The maximum absolute atomic E-state index is 11.9. The summed E-state index contributed by atoms with van der Waals surface area (Å²) < 4.78 is 0. The van der Waals surface area contributed by atoms with Crippen LogP contribution in [0.5, 0.6) is 0 Å². The monoisotopic (exact) mass is 287 g/mol. The van der Waals surface area contributed by atoms with E-state index in [1.165, 1.54) is 0 Å². The number of amides is 1. The van der Waals surface area contributed by atoms with E-state index >= 15 is 0 Å². The Morgan fingerprint density at radius 3 is 2.47 bits per heavy atom. The third-order valence-electron chi connectivity index (χ3n) is 4.08. The van der Waals surface area contributed by atoms with Gasteiger partial charge in [0.2, 0.25) is 5.91 Å². The molecule has 1 fully saturated rings. The van der Waals surface area contributed by atoms with E-state index < -0.39 is 11.5 Å². The molecule has 0 unspecified atom stereocenters. The van der Waals surface area contributed by atoms with Gasteiger partial charge in [0.05, 0.1) is 0 Å². The van der Waals surface area contributed by atoms with Crippen LogP contribution in [0.2, 0.25) is 0 Å². The largest absolute Gasteiger partial charge is 0.480 e. The zero-order valence-electron chi connectivity index (χ0n) is 11.9. The number of carboxylic acids is 1. The summed E-state index contributed by atoms with van der Waals surface area (Å²) in [4.78, 5) is 23.4. The number of aliphatic carboxylic acids is 1. The van der Waals surface area contributed by atoms with E-state index in [2.05, 4.69) is 12.2 Å². The molecule has 1 saturated carbocycles. The van der Waals surface area contributed by atoms with Crippen molar-refractivity contribution in [3.8, 4) is 0 Å². The van der Waals surface area contributed by atoms with Gasteiger partial charge in [-0.25, -0.2) is 4.79 Å². The van der Waals surface area contributed by atoms with Crippen LogP contribution in [0.3, 0.4) is 0 Å². The summed E-state index contributed by atoms with van der Waals surface area (Å²) in [6.07, 6.45) is 7.25. The van der Waals surface area contributed by atoms with Crippen LogP contribution in [-0.4, -0.2) is 34.5 Å². The highest BCUT2D eigenvalue weighted by Gasteiger charge is 2.42. The molecule has 0 aromatic heterocycles. The second-order valence-electron chi connectivity index (χ2n) is 5.38. The van der Waals surface area contributed by atoms with E-state index in [1.807, 2.05) is 6.26 Å². The van der Waals surface area contributed by atoms with Gasteiger partial charge in [0.25, 0.3) is 0 Å². The standard InChI is InChI=1S/C14H25NO3S/c1-3-11-6-8-14(9-7-11,13(17)18)15-12(16)5-4-10-19-2/h11H,3-10H2,1-2H3,(H,15,16)(H,17,18). The number of hydrogen-bond donors (Lipinski definition) is 2. The summed E-state index contributed by atoms with van der Waals surface area (Å²) in [5.74, 6) is 0.554. The second kappa shape index (κ2) is 7.78. The van der Waals surface area contributed by atoms with Gasteiger partial charge in [0.1, 0.15) is 5.54 Å². The van der Waals surface area contributed by atoms with Crippen LogP contribution in [0.1, 0.15) is 51.9 Å². The molecule has 0 aliphatic heterocycles. The van der Waals surface area contributed by atoms with Crippen molar-refractivity contribution >= 4 is 23.6 Å². The molecule has 19 heavy (non-hydrogen) atoms. The lowest BCUT2D eigenvalue weighted by Crippen LogP contribution is -2.56. The molecule has 0 bridgehead atoms. The number of thioether (sulfide) groups is 1. The first-order valence-electron chi connectivity index (χ1n) is 7.07. The summed E-state index contributed by atoms with van der Waals surface area (Å²) in [7, 11) is 0. The molecule has 1 aliphatic carbocycles. The molecule has 0 heterocycles. The third kappa shape index (κ3) is 4.71. The average Bonchev–Trinajstić information content (AvgIpc) is 2.39. The number of carbonyl (C=O) groups excluding carboxylic acids is 1. The van der Waals surface area contributed by atoms with Crippen molar-refractivity contribution in [1.29, 1.82) is 0 Å². The predicted molar refractivity (Wildman–Crippen MR) is 78.4 cm³/mol. The van der Waals surface area contributed by atoms with Crippen LogP contribution < -0.4 is 5.32 Å². The minimum atomic E-state index is -1.01. The van der Waals surface area contributed by atoms with E-state index in [4.69, 9.17) is 0 Å². The number of carboxylic acid groups (broad SMARTS) is 1. The molecule has 1 aliphatic rings. The summed E-state index contributed by atoms with van der Waals surface area (Å²) in [6, 6.07) is 0. The zero-order valence-corrected chi connectivity index (χ0v) is 12.7. The highest BCUT2D eigenvalue weighted by molar-refractivity contribution is 7.98. The van der Waals surface area contributed by atoms with Gasteiger partial charge < -0.3 is 10.4 Å². The van der Waals surface area contributed by atoms with Gasteiger partial charge in [-0.05, 0) is 50.0 Å². The van der Waals surface area contributed by atoms with Crippen molar-refractivity contribution in [2.45, 2.75) is 57.4 Å². The summed E-state index contributed by atoms with van der Waals surface area (Å²) >= 11 is 1.70. The minimum Gasteiger partial charge on any atom is -0.480 e. The lowest BCUT2D eigenvalue weighted by Gasteiger charge is -2.37. The van der Waals surface area contributed by atoms with Gasteiger partial charge in [-0.2, -0.15) is 11.8 Å². The quantitative estimate of drug-likeness (QED) is 0.707. The van der Waals surface area contributed by atoms with E-state index in [-0.39, 0.29) is 5.91 Å². The van der Waals surface area contributed by atoms with E-state index in [0.717, 1.165) is 31.4 Å². The van der Waals surface area contributed by atoms with Crippen LogP contribution in [0, 0.1) is 5.92 Å². The molecule has 1 amide bonds. The van der Waals surface area contributed by atoms with Crippen LogP contribution in [0.15, 0.2) is 0 Å². The van der Waals surface area contributed by atoms with E-state index in [9.17, 15) is 14.7 Å². The third-order valence-corrected chi connectivity index (χ3v) is 4.77. The Kier molecular flexibility index (Phi) is 6.69. The van der Waals surface area contributed by atoms with Gasteiger partial charge in [-0.15, -0.1) is 0 Å². The topological polar surface area (TPSA) is 66.4 Å². The van der Waals surface area contributed by atoms with Gasteiger partial charge in [-0.3, -0.25) is 4.79 Å². The number of rotatable bonds is 7. The Hall–Kier alpha value is -0.710. The summed E-state index contributed by atoms with van der Waals surface area (Å²) in [5, 5.41) is 12.2. The average molecular weight is 287 g/mol. The lowest BCUT2D eigenvalue weighted by molar-refractivity contribution is -0.149. The number of nitrogens with one attached hydrogen (secondary N) is 1. The molecule has 2 N–H and O–H groups in total. The van der Waals surface area contributed by atoms with Gasteiger partial charge in [0, 0.05) is 6.42 Å². The first-order valence-corrected chi connectivity index (χ1v) is 8.47. The molecule has 110 valence electrons. The molecule has 0 spiro atoms. The first kappa shape index (κ1) is 16.3. The molecule has 0 atom stereocenters. The molecule has 0 aromatic rings.